The Morgan fingerprint density at radius 1 is 1.00 bits per heavy atom. The molecule has 29 heavy (non-hydrogen) atoms. The van der Waals surface area contributed by atoms with Crippen LogP contribution in [0.25, 0.3) is 17.0 Å². The minimum atomic E-state index is -0.982. The van der Waals surface area contributed by atoms with Crippen LogP contribution in [0.5, 0.6) is 0 Å². The van der Waals surface area contributed by atoms with Crippen LogP contribution in [0.3, 0.4) is 0 Å². The van der Waals surface area contributed by atoms with Gasteiger partial charge in [-0.15, -0.1) is 0 Å². The summed E-state index contributed by atoms with van der Waals surface area (Å²) in [6.45, 7) is 2.95. The van der Waals surface area contributed by atoms with E-state index in [1.54, 1.807) is 36.4 Å². The van der Waals surface area contributed by atoms with Crippen LogP contribution >= 0.6 is 0 Å². The van der Waals surface area contributed by atoms with Gasteiger partial charge in [0, 0.05) is 22.7 Å². The Hall–Kier alpha value is -3.80. The molecule has 1 heterocycles. The Balaban J connectivity index is 1.56. The number of ether oxygens (including phenoxy) is 1. The molecule has 0 aliphatic carbocycles. The molecule has 3 rings (SSSR count). The Morgan fingerprint density at radius 3 is 2.45 bits per heavy atom. The Labute approximate surface area is 168 Å². The van der Waals surface area contributed by atoms with Crippen LogP contribution in [0.15, 0.2) is 66.7 Å². The third-order valence-electron chi connectivity index (χ3n) is 4.23. The van der Waals surface area contributed by atoms with Crippen LogP contribution in [0.1, 0.15) is 29.9 Å². The molecule has 0 spiro atoms. The highest BCUT2D eigenvalue weighted by molar-refractivity contribution is 5.98. The molecule has 1 atom stereocenters. The molecular weight excluding hydrogens is 368 g/mol. The van der Waals surface area contributed by atoms with Crippen molar-refractivity contribution in [2.75, 3.05) is 5.32 Å². The SMILES string of the molecule is CC(=O)c1ccc(NC(=O)C(C)OC(=O)/C=C/c2ccc3ccccc3n2)cc1. The van der Waals surface area contributed by atoms with E-state index in [0.29, 0.717) is 16.9 Å². The average molecular weight is 388 g/mol. The Bertz CT molecular complexity index is 1090. The van der Waals surface area contributed by atoms with Crippen molar-refractivity contribution in [1.29, 1.82) is 0 Å². The number of anilines is 1. The van der Waals surface area contributed by atoms with Crippen molar-refractivity contribution in [3.63, 3.8) is 0 Å². The van der Waals surface area contributed by atoms with Crippen molar-refractivity contribution in [3.05, 3.63) is 78.0 Å². The van der Waals surface area contributed by atoms with Crippen molar-refractivity contribution < 1.29 is 19.1 Å². The standard InChI is InChI=1S/C23H20N2O4/c1-15(26)17-7-10-20(11-8-17)25-23(28)16(2)29-22(27)14-13-19-12-9-18-5-3-4-6-21(18)24-19/h3-14,16H,1-2H3,(H,25,28)/b14-13+. The molecule has 1 N–H and O–H groups in total. The molecule has 1 unspecified atom stereocenters. The number of nitrogens with one attached hydrogen (secondary N) is 1. The van der Waals surface area contributed by atoms with E-state index in [-0.39, 0.29) is 5.78 Å². The summed E-state index contributed by atoms with van der Waals surface area (Å²) in [6, 6.07) is 17.9. The normalized spacial score (nSPS) is 11.9. The number of para-hydroxylation sites is 1. The first-order valence-corrected chi connectivity index (χ1v) is 9.09. The van der Waals surface area contributed by atoms with E-state index in [1.165, 1.54) is 19.9 Å². The predicted octanol–water partition coefficient (Wildman–Crippen LogP) is 4.02. The lowest BCUT2D eigenvalue weighted by Crippen LogP contribution is -2.29. The van der Waals surface area contributed by atoms with Gasteiger partial charge in [0.25, 0.3) is 5.91 Å². The number of esters is 1. The summed E-state index contributed by atoms with van der Waals surface area (Å²) in [5, 5.41) is 3.65. The Kier molecular flexibility index (Phi) is 6.14. The van der Waals surface area contributed by atoms with Gasteiger partial charge in [-0.25, -0.2) is 9.78 Å². The molecule has 6 nitrogen and oxygen atoms in total. The molecule has 0 bridgehead atoms. The molecule has 6 heteroatoms. The number of hydrogen-bond donors (Lipinski definition) is 1. The molecule has 3 aromatic rings. The summed E-state index contributed by atoms with van der Waals surface area (Å²) < 4.78 is 5.14. The number of rotatable bonds is 6. The van der Waals surface area contributed by atoms with Crippen LogP contribution in [0, 0.1) is 0 Å². The second-order valence-electron chi connectivity index (χ2n) is 6.46. The summed E-state index contributed by atoms with van der Waals surface area (Å²) in [5.74, 6) is -1.17. The zero-order valence-electron chi connectivity index (χ0n) is 16.1. The number of fused-ring (bicyclic) bond motifs is 1. The fourth-order valence-corrected chi connectivity index (χ4v) is 2.63. The fourth-order valence-electron chi connectivity index (χ4n) is 2.63. The van der Waals surface area contributed by atoms with E-state index in [0.717, 1.165) is 10.9 Å². The van der Waals surface area contributed by atoms with Gasteiger partial charge in [0.1, 0.15) is 0 Å². The predicted molar refractivity (Wildman–Crippen MR) is 111 cm³/mol. The van der Waals surface area contributed by atoms with Crippen LogP contribution in [-0.2, 0) is 14.3 Å². The van der Waals surface area contributed by atoms with E-state index < -0.39 is 18.0 Å². The lowest BCUT2D eigenvalue weighted by molar-refractivity contribution is -0.148. The Morgan fingerprint density at radius 2 is 1.72 bits per heavy atom. The summed E-state index contributed by atoms with van der Waals surface area (Å²) in [5.41, 5.74) is 2.50. The third kappa shape index (κ3) is 5.35. The minimum absolute atomic E-state index is 0.0575. The molecule has 0 aliphatic rings. The largest absolute Gasteiger partial charge is 0.449 e. The number of ketones is 1. The highest BCUT2D eigenvalue weighted by atomic mass is 16.5. The summed E-state index contributed by atoms with van der Waals surface area (Å²) in [4.78, 5) is 39.9. The van der Waals surface area contributed by atoms with Gasteiger partial charge in [0.05, 0.1) is 11.2 Å². The maximum atomic E-state index is 12.2. The van der Waals surface area contributed by atoms with Gasteiger partial charge in [-0.3, -0.25) is 9.59 Å². The molecule has 0 saturated carbocycles. The number of amides is 1. The molecule has 0 fully saturated rings. The lowest BCUT2D eigenvalue weighted by Gasteiger charge is -2.12. The smallest absolute Gasteiger partial charge is 0.331 e. The van der Waals surface area contributed by atoms with Gasteiger partial charge in [-0.05, 0) is 56.3 Å². The van der Waals surface area contributed by atoms with Gasteiger partial charge in [0.15, 0.2) is 11.9 Å². The van der Waals surface area contributed by atoms with Crippen LogP contribution in [0.2, 0.25) is 0 Å². The number of carbonyl (C=O) groups is 3. The number of carbonyl (C=O) groups excluding carboxylic acids is 3. The fraction of sp³-hybridized carbons (Fsp3) is 0.130. The summed E-state index contributed by atoms with van der Waals surface area (Å²) in [6.07, 6.45) is 1.80. The molecule has 146 valence electrons. The van der Waals surface area contributed by atoms with Crippen LogP contribution in [0.4, 0.5) is 5.69 Å². The van der Waals surface area contributed by atoms with E-state index in [1.807, 2.05) is 30.3 Å². The number of aromatic nitrogens is 1. The highest BCUT2D eigenvalue weighted by Gasteiger charge is 2.16. The quantitative estimate of drug-likeness (QED) is 0.392. The maximum absolute atomic E-state index is 12.2. The first-order chi connectivity index (χ1) is 13.9. The minimum Gasteiger partial charge on any atom is -0.449 e. The second-order valence-corrected chi connectivity index (χ2v) is 6.46. The van der Waals surface area contributed by atoms with Crippen molar-refractivity contribution in [3.8, 4) is 0 Å². The average Bonchev–Trinajstić information content (AvgIpc) is 2.72. The van der Waals surface area contributed by atoms with Crippen molar-refractivity contribution in [1.82, 2.24) is 4.98 Å². The number of nitrogens with zero attached hydrogens (tertiary/aromatic N) is 1. The highest BCUT2D eigenvalue weighted by Crippen LogP contribution is 2.13. The van der Waals surface area contributed by atoms with E-state index >= 15 is 0 Å². The molecule has 0 radical (unpaired) electrons. The summed E-state index contributed by atoms with van der Waals surface area (Å²) >= 11 is 0. The number of Topliss-reactive ketones (excluding diaryl/α,β-unsaturated/α-hetero) is 1. The summed E-state index contributed by atoms with van der Waals surface area (Å²) in [7, 11) is 0. The maximum Gasteiger partial charge on any atom is 0.331 e. The van der Waals surface area contributed by atoms with Gasteiger partial charge in [-0.1, -0.05) is 24.3 Å². The number of benzene rings is 2. The van der Waals surface area contributed by atoms with Gasteiger partial charge < -0.3 is 10.1 Å². The monoisotopic (exact) mass is 388 g/mol. The van der Waals surface area contributed by atoms with Crippen LogP contribution in [-0.4, -0.2) is 28.7 Å². The third-order valence-corrected chi connectivity index (χ3v) is 4.23. The lowest BCUT2D eigenvalue weighted by atomic mass is 10.1. The number of pyridine rings is 1. The molecule has 0 saturated heterocycles. The van der Waals surface area contributed by atoms with Gasteiger partial charge in [0.2, 0.25) is 0 Å². The van der Waals surface area contributed by atoms with Crippen molar-refractivity contribution in [2.24, 2.45) is 0 Å². The topological polar surface area (TPSA) is 85.4 Å². The van der Waals surface area contributed by atoms with Gasteiger partial charge in [-0.2, -0.15) is 0 Å². The van der Waals surface area contributed by atoms with Crippen LogP contribution < -0.4 is 5.32 Å². The molecular formula is C23H20N2O4. The zero-order valence-corrected chi connectivity index (χ0v) is 16.1. The second kappa shape index (κ2) is 8.93. The molecule has 1 aromatic heterocycles. The van der Waals surface area contributed by atoms with E-state index in [9.17, 15) is 14.4 Å². The molecule has 0 aliphatic heterocycles. The van der Waals surface area contributed by atoms with Crippen molar-refractivity contribution >= 4 is 40.3 Å². The zero-order chi connectivity index (χ0) is 20.8. The first-order valence-electron chi connectivity index (χ1n) is 9.09. The van der Waals surface area contributed by atoms with Gasteiger partial charge >= 0.3 is 5.97 Å². The van der Waals surface area contributed by atoms with Crippen molar-refractivity contribution in [2.45, 2.75) is 20.0 Å². The molecule has 1 amide bonds. The van der Waals surface area contributed by atoms with E-state index in [4.69, 9.17) is 4.74 Å². The molecule has 2 aromatic carbocycles. The number of hydrogen-bond acceptors (Lipinski definition) is 5. The van der Waals surface area contributed by atoms with E-state index in [2.05, 4.69) is 10.3 Å². The first kappa shape index (κ1) is 19.9.